The van der Waals surface area contributed by atoms with Gasteiger partial charge in [-0.25, -0.2) is 0 Å². The van der Waals surface area contributed by atoms with Gasteiger partial charge in [-0.05, 0) is 19.3 Å². The first kappa shape index (κ1) is 17.0. The molecule has 132 valence electrons. The number of nitrogens with one attached hydrogen (secondary N) is 3. The van der Waals surface area contributed by atoms with Crippen LogP contribution in [0.3, 0.4) is 0 Å². The molecule has 7 heteroatoms. The molecule has 3 rings (SSSR count). The maximum absolute atomic E-state index is 12.8. The van der Waals surface area contributed by atoms with Gasteiger partial charge >= 0.3 is 0 Å². The van der Waals surface area contributed by atoms with Crippen LogP contribution in [0.2, 0.25) is 0 Å². The van der Waals surface area contributed by atoms with Gasteiger partial charge in [0.05, 0.1) is 5.92 Å². The number of nitrogens with zero attached hydrogens (tertiary/aromatic N) is 2. The number of likely N-dealkylation sites (tertiary alicyclic amines) is 1. The second-order valence-electron chi connectivity index (χ2n) is 6.69. The number of hydrogen-bond acceptors (Lipinski definition) is 4. The minimum absolute atomic E-state index is 0.0535. The molecule has 0 saturated carbocycles. The van der Waals surface area contributed by atoms with E-state index in [1.54, 1.807) is 4.90 Å². The number of carbonyl (C=O) groups is 2. The molecule has 1 aromatic heterocycles. The molecule has 1 atom stereocenters. The molecular formula is C17H27N5O2. The maximum Gasteiger partial charge on any atom is 0.274 e. The van der Waals surface area contributed by atoms with Crippen molar-refractivity contribution in [1.82, 2.24) is 25.7 Å². The number of hydrogen-bond donors (Lipinski definition) is 3. The summed E-state index contributed by atoms with van der Waals surface area (Å²) in [5.41, 5.74) is 2.56. The number of amides is 2. The molecule has 2 amide bonds. The number of rotatable bonds is 5. The van der Waals surface area contributed by atoms with Gasteiger partial charge < -0.3 is 15.5 Å². The molecule has 0 aromatic carbocycles. The summed E-state index contributed by atoms with van der Waals surface area (Å²) in [4.78, 5) is 26.9. The van der Waals surface area contributed by atoms with Crippen molar-refractivity contribution in [2.45, 2.75) is 45.6 Å². The van der Waals surface area contributed by atoms with Crippen molar-refractivity contribution in [1.29, 1.82) is 0 Å². The second-order valence-corrected chi connectivity index (χ2v) is 6.69. The predicted molar refractivity (Wildman–Crippen MR) is 90.5 cm³/mol. The lowest BCUT2D eigenvalue weighted by Crippen LogP contribution is -2.46. The molecular weight excluding hydrogens is 306 g/mol. The van der Waals surface area contributed by atoms with Gasteiger partial charge in [0.15, 0.2) is 5.69 Å². The lowest BCUT2D eigenvalue weighted by atomic mass is 9.96. The highest BCUT2D eigenvalue weighted by Gasteiger charge is 2.31. The van der Waals surface area contributed by atoms with Crippen LogP contribution in [0.5, 0.6) is 0 Å². The van der Waals surface area contributed by atoms with Gasteiger partial charge in [0, 0.05) is 50.4 Å². The third-order valence-corrected chi connectivity index (χ3v) is 4.92. The topological polar surface area (TPSA) is 90.1 Å². The van der Waals surface area contributed by atoms with Crippen molar-refractivity contribution in [2.24, 2.45) is 5.92 Å². The largest absolute Gasteiger partial charge is 0.356 e. The number of aromatic amines is 1. The molecule has 2 aliphatic rings. The molecule has 0 radical (unpaired) electrons. The second kappa shape index (κ2) is 7.79. The Morgan fingerprint density at radius 3 is 3.12 bits per heavy atom. The van der Waals surface area contributed by atoms with E-state index in [1.165, 1.54) is 0 Å². The fourth-order valence-electron chi connectivity index (χ4n) is 3.46. The quantitative estimate of drug-likeness (QED) is 0.696. The highest BCUT2D eigenvalue weighted by Crippen LogP contribution is 2.22. The van der Waals surface area contributed by atoms with Gasteiger partial charge in [-0.2, -0.15) is 5.10 Å². The Morgan fingerprint density at radius 1 is 1.42 bits per heavy atom. The van der Waals surface area contributed by atoms with Crippen LogP contribution >= 0.6 is 0 Å². The standard InChI is InChI=1S/C17H27N5O2/c1-2-3-7-19-16(23)12-5-4-9-22(11-12)17(24)15-13-10-18-8-6-14(13)20-21-15/h12,18H,2-11H2,1H3,(H,19,23)(H,20,21). The zero-order valence-corrected chi connectivity index (χ0v) is 14.4. The molecule has 0 spiro atoms. The minimum atomic E-state index is -0.104. The van der Waals surface area contributed by atoms with Gasteiger partial charge in [-0.1, -0.05) is 13.3 Å². The van der Waals surface area contributed by atoms with E-state index in [2.05, 4.69) is 27.8 Å². The summed E-state index contributed by atoms with van der Waals surface area (Å²) in [5, 5.41) is 13.5. The lowest BCUT2D eigenvalue weighted by Gasteiger charge is -2.32. The molecule has 1 saturated heterocycles. The van der Waals surface area contributed by atoms with Crippen molar-refractivity contribution in [2.75, 3.05) is 26.2 Å². The van der Waals surface area contributed by atoms with Crippen molar-refractivity contribution >= 4 is 11.8 Å². The molecule has 24 heavy (non-hydrogen) atoms. The van der Waals surface area contributed by atoms with Crippen LogP contribution in [0.1, 0.15) is 54.4 Å². The highest BCUT2D eigenvalue weighted by atomic mass is 16.2. The normalized spacial score (nSPS) is 20.5. The van der Waals surface area contributed by atoms with E-state index in [0.717, 1.165) is 56.5 Å². The zero-order valence-electron chi connectivity index (χ0n) is 14.4. The van der Waals surface area contributed by atoms with E-state index >= 15 is 0 Å². The number of unbranched alkanes of at least 4 members (excludes halogenated alkanes) is 1. The van der Waals surface area contributed by atoms with E-state index in [-0.39, 0.29) is 17.7 Å². The van der Waals surface area contributed by atoms with E-state index in [0.29, 0.717) is 25.3 Å². The Labute approximate surface area is 142 Å². The van der Waals surface area contributed by atoms with Gasteiger partial charge in [0.2, 0.25) is 5.91 Å². The van der Waals surface area contributed by atoms with Crippen LogP contribution in [-0.4, -0.2) is 53.1 Å². The smallest absolute Gasteiger partial charge is 0.274 e. The van der Waals surface area contributed by atoms with Crippen LogP contribution in [0.4, 0.5) is 0 Å². The summed E-state index contributed by atoms with van der Waals surface area (Å²) >= 11 is 0. The molecule has 3 N–H and O–H groups in total. The Bertz CT molecular complexity index is 598. The predicted octanol–water partition coefficient (Wildman–Crippen LogP) is 0.824. The average molecular weight is 333 g/mol. The van der Waals surface area contributed by atoms with Gasteiger partial charge in [-0.15, -0.1) is 0 Å². The average Bonchev–Trinajstić information content (AvgIpc) is 3.05. The Hall–Kier alpha value is -1.89. The van der Waals surface area contributed by atoms with Crippen molar-refractivity contribution < 1.29 is 9.59 Å². The molecule has 3 heterocycles. The summed E-state index contributed by atoms with van der Waals surface area (Å²) in [7, 11) is 0. The number of carbonyl (C=O) groups excluding carboxylic acids is 2. The number of piperidine rings is 1. The van der Waals surface area contributed by atoms with Crippen molar-refractivity contribution in [3.63, 3.8) is 0 Å². The van der Waals surface area contributed by atoms with E-state index < -0.39 is 0 Å². The monoisotopic (exact) mass is 333 g/mol. The fourth-order valence-corrected chi connectivity index (χ4v) is 3.46. The van der Waals surface area contributed by atoms with Crippen LogP contribution in [0.15, 0.2) is 0 Å². The summed E-state index contributed by atoms with van der Waals surface area (Å²) in [6.45, 7) is 5.61. The molecule has 7 nitrogen and oxygen atoms in total. The Morgan fingerprint density at radius 2 is 2.29 bits per heavy atom. The van der Waals surface area contributed by atoms with Crippen LogP contribution in [0.25, 0.3) is 0 Å². The fraction of sp³-hybridized carbons (Fsp3) is 0.706. The van der Waals surface area contributed by atoms with E-state index in [4.69, 9.17) is 0 Å². The van der Waals surface area contributed by atoms with E-state index in [9.17, 15) is 9.59 Å². The summed E-state index contributed by atoms with van der Waals surface area (Å²) in [5.74, 6) is -0.0821. The summed E-state index contributed by atoms with van der Waals surface area (Å²) in [6, 6.07) is 0. The third kappa shape index (κ3) is 3.61. The molecule has 1 aromatic rings. The van der Waals surface area contributed by atoms with Gasteiger partial charge in [-0.3, -0.25) is 14.7 Å². The highest BCUT2D eigenvalue weighted by molar-refractivity contribution is 5.94. The van der Waals surface area contributed by atoms with Gasteiger partial charge in [0.1, 0.15) is 0 Å². The Kier molecular flexibility index (Phi) is 5.50. The van der Waals surface area contributed by atoms with Crippen molar-refractivity contribution in [3.8, 4) is 0 Å². The first-order valence-corrected chi connectivity index (χ1v) is 9.04. The molecule has 1 fully saturated rings. The summed E-state index contributed by atoms with van der Waals surface area (Å²) < 4.78 is 0. The third-order valence-electron chi connectivity index (χ3n) is 4.92. The summed E-state index contributed by atoms with van der Waals surface area (Å²) in [6.07, 6.45) is 4.64. The maximum atomic E-state index is 12.8. The van der Waals surface area contributed by atoms with E-state index in [1.807, 2.05) is 0 Å². The zero-order chi connectivity index (χ0) is 16.9. The number of H-pyrrole nitrogens is 1. The lowest BCUT2D eigenvalue weighted by molar-refractivity contribution is -0.126. The Balaban J connectivity index is 1.63. The molecule has 0 aliphatic carbocycles. The molecule has 1 unspecified atom stereocenters. The SMILES string of the molecule is CCCCNC(=O)C1CCCN(C(=O)c2n[nH]c3c2CNCC3)C1. The van der Waals surface area contributed by atoms with Crippen LogP contribution < -0.4 is 10.6 Å². The van der Waals surface area contributed by atoms with Crippen molar-refractivity contribution in [3.05, 3.63) is 17.0 Å². The van der Waals surface area contributed by atoms with Crippen LogP contribution in [-0.2, 0) is 17.8 Å². The molecule has 2 aliphatic heterocycles. The first-order valence-electron chi connectivity index (χ1n) is 9.04. The molecule has 0 bridgehead atoms. The number of aromatic nitrogens is 2. The number of fused-ring (bicyclic) bond motifs is 1. The van der Waals surface area contributed by atoms with Crippen LogP contribution in [0, 0.1) is 5.92 Å². The minimum Gasteiger partial charge on any atom is -0.356 e. The first-order chi connectivity index (χ1) is 11.7. The van der Waals surface area contributed by atoms with Gasteiger partial charge in [0.25, 0.3) is 5.91 Å².